The number of hydrogen-bond acceptors (Lipinski definition) is 2. The van der Waals surface area contributed by atoms with E-state index in [2.05, 4.69) is 31.2 Å². The number of aryl methyl sites for hydroxylation is 2. The van der Waals surface area contributed by atoms with Crippen LogP contribution >= 0.6 is 0 Å². The molecule has 1 heterocycles. The Morgan fingerprint density at radius 3 is 2.29 bits per heavy atom. The first-order valence-electron chi connectivity index (χ1n) is 8.06. The number of aromatic nitrogens is 2. The Bertz CT molecular complexity index is 602. The predicted octanol–water partition coefficient (Wildman–Crippen LogP) is 4.42. The van der Waals surface area contributed by atoms with Crippen LogP contribution in [0.25, 0.3) is 11.1 Å². The number of nitrogens with zero attached hydrogens (tertiary/aromatic N) is 2. The summed E-state index contributed by atoms with van der Waals surface area (Å²) in [5, 5.41) is 4.77. The fraction of sp³-hybridized carbons (Fsp3) is 0.500. The lowest BCUT2D eigenvalue weighted by Gasteiger charge is -2.14. The molecule has 0 spiro atoms. The number of nitrogen functional groups attached to an aromatic ring is 1. The van der Waals surface area contributed by atoms with E-state index in [1.165, 1.54) is 55.3 Å². The van der Waals surface area contributed by atoms with Gasteiger partial charge in [0.1, 0.15) is 5.82 Å². The van der Waals surface area contributed by atoms with Gasteiger partial charge < -0.3 is 5.73 Å². The lowest BCUT2D eigenvalue weighted by atomic mass is 9.91. The summed E-state index contributed by atoms with van der Waals surface area (Å²) >= 11 is 0. The van der Waals surface area contributed by atoms with Gasteiger partial charge in [-0.1, -0.05) is 55.5 Å². The van der Waals surface area contributed by atoms with Gasteiger partial charge in [0.15, 0.2) is 0 Å². The van der Waals surface area contributed by atoms with Crippen LogP contribution in [0.1, 0.15) is 55.7 Å². The SMILES string of the molecule is Cc1ccc(-c2c(C3CCCCCC3)nn(C)c2N)cc1. The van der Waals surface area contributed by atoms with E-state index in [1.807, 2.05) is 11.7 Å². The van der Waals surface area contributed by atoms with Gasteiger partial charge in [0.05, 0.1) is 5.69 Å². The van der Waals surface area contributed by atoms with Crippen LogP contribution in [-0.4, -0.2) is 9.78 Å². The predicted molar refractivity (Wildman–Crippen MR) is 88.2 cm³/mol. The van der Waals surface area contributed by atoms with Crippen LogP contribution in [0.3, 0.4) is 0 Å². The standard InChI is InChI=1S/C18H25N3/c1-13-9-11-14(12-10-13)16-17(20-21(2)18(16)19)15-7-5-3-4-6-8-15/h9-12,15H,3-8,19H2,1-2H3. The summed E-state index contributed by atoms with van der Waals surface area (Å²) in [5.74, 6) is 1.35. The van der Waals surface area contributed by atoms with Crippen LogP contribution in [0.2, 0.25) is 0 Å². The Kier molecular flexibility index (Phi) is 4.00. The highest BCUT2D eigenvalue weighted by Crippen LogP contribution is 2.39. The number of rotatable bonds is 2. The van der Waals surface area contributed by atoms with Crippen molar-refractivity contribution in [3.8, 4) is 11.1 Å². The largest absolute Gasteiger partial charge is 0.383 e. The van der Waals surface area contributed by atoms with Gasteiger partial charge >= 0.3 is 0 Å². The van der Waals surface area contributed by atoms with E-state index < -0.39 is 0 Å². The van der Waals surface area contributed by atoms with Crippen molar-refractivity contribution >= 4 is 5.82 Å². The minimum atomic E-state index is 0.562. The van der Waals surface area contributed by atoms with Crippen molar-refractivity contribution < 1.29 is 0 Å². The average Bonchev–Trinajstić information content (AvgIpc) is 2.70. The highest BCUT2D eigenvalue weighted by atomic mass is 15.3. The van der Waals surface area contributed by atoms with E-state index >= 15 is 0 Å². The normalized spacial score (nSPS) is 16.9. The highest BCUT2D eigenvalue weighted by molar-refractivity contribution is 5.77. The molecular weight excluding hydrogens is 258 g/mol. The molecule has 0 atom stereocenters. The third-order valence-electron chi connectivity index (χ3n) is 4.70. The molecule has 1 aliphatic rings. The van der Waals surface area contributed by atoms with Crippen LogP contribution in [0.4, 0.5) is 5.82 Å². The van der Waals surface area contributed by atoms with Gasteiger partial charge in [0.25, 0.3) is 0 Å². The minimum absolute atomic E-state index is 0.562. The Hall–Kier alpha value is -1.77. The van der Waals surface area contributed by atoms with Crippen molar-refractivity contribution in [3.63, 3.8) is 0 Å². The number of benzene rings is 1. The first-order chi connectivity index (χ1) is 10.2. The van der Waals surface area contributed by atoms with E-state index in [1.54, 1.807) is 0 Å². The molecule has 0 aliphatic heterocycles. The molecule has 21 heavy (non-hydrogen) atoms. The van der Waals surface area contributed by atoms with E-state index in [0.717, 1.165) is 11.4 Å². The lowest BCUT2D eigenvalue weighted by molar-refractivity contribution is 0.567. The molecule has 0 radical (unpaired) electrons. The maximum Gasteiger partial charge on any atom is 0.129 e. The second-order valence-corrected chi connectivity index (χ2v) is 6.32. The zero-order valence-electron chi connectivity index (χ0n) is 13.1. The maximum atomic E-state index is 6.32. The summed E-state index contributed by atoms with van der Waals surface area (Å²) in [4.78, 5) is 0. The summed E-state index contributed by atoms with van der Waals surface area (Å²) in [6.45, 7) is 2.11. The smallest absolute Gasteiger partial charge is 0.129 e. The lowest BCUT2D eigenvalue weighted by Crippen LogP contribution is -2.01. The van der Waals surface area contributed by atoms with Gasteiger partial charge in [-0.05, 0) is 25.3 Å². The maximum absolute atomic E-state index is 6.32. The van der Waals surface area contributed by atoms with Crippen LogP contribution in [-0.2, 0) is 7.05 Å². The molecule has 112 valence electrons. The summed E-state index contributed by atoms with van der Waals surface area (Å²) in [5.41, 5.74) is 11.2. The average molecular weight is 283 g/mol. The zero-order chi connectivity index (χ0) is 14.8. The third kappa shape index (κ3) is 2.82. The topological polar surface area (TPSA) is 43.8 Å². The Labute approximate surface area is 127 Å². The number of nitrogens with two attached hydrogens (primary N) is 1. The van der Waals surface area contributed by atoms with Gasteiger partial charge in [-0.15, -0.1) is 0 Å². The summed E-state index contributed by atoms with van der Waals surface area (Å²) in [6.07, 6.45) is 7.84. The van der Waals surface area contributed by atoms with E-state index in [9.17, 15) is 0 Å². The molecule has 2 N–H and O–H groups in total. The van der Waals surface area contributed by atoms with Gasteiger partial charge in [0.2, 0.25) is 0 Å². The van der Waals surface area contributed by atoms with Gasteiger partial charge in [0, 0.05) is 18.5 Å². The summed E-state index contributed by atoms with van der Waals surface area (Å²) in [7, 11) is 1.95. The van der Waals surface area contributed by atoms with Crippen LogP contribution in [0, 0.1) is 6.92 Å². The molecule has 0 amide bonds. The third-order valence-corrected chi connectivity index (χ3v) is 4.70. The van der Waals surface area contributed by atoms with Crippen molar-refractivity contribution in [2.45, 2.75) is 51.4 Å². The number of hydrogen-bond donors (Lipinski definition) is 1. The Balaban J connectivity index is 2.04. The first-order valence-corrected chi connectivity index (χ1v) is 8.06. The van der Waals surface area contributed by atoms with Gasteiger partial charge in [-0.2, -0.15) is 5.10 Å². The van der Waals surface area contributed by atoms with Crippen LogP contribution < -0.4 is 5.73 Å². The molecule has 1 saturated carbocycles. The van der Waals surface area contributed by atoms with Crippen molar-refractivity contribution in [2.75, 3.05) is 5.73 Å². The van der Waals surface area contributed by atoms with Crippen molar-refractivity contribution in [2.24, 2.45) is 7.05 Å². The molecular formula is C18H25N3. The van der Waals surface area contributed by atoms with Crippen molar-refractivity contribution in [1.82, 2.24) is 9.78 Å². The second-order valence-electron chi connectivity index (χ2n) is 6.32. The quantitative estimate of drug-likeness (QED) is 0.829. The summed E-state index contributed by atoms with van der Waals surface area (Å²) < 4.78 is 1.84. The van der Waals surface area contributed by atoms with Crippen molar-refractivity contribution in [3.05, 3.63) is 35.5 Å². The number of anilines is 1. The van der Waals surface area contributed by atoms with E-state index in [4.69, 9.17) is 10.8 Å². The van der Waals surface area contributed by atoms with Gasteiger partial charge in [-0.3, -0.25) is 4.68 Å². The molecule has 3 nitrogen and oxygen atoms in total. The van der Waals surface area contributed by atoms with Crippen LogP contribution in [0.15, 0.2) is 24.3 Å². The Morgan fingerprint density at radius 2 is 1.67 bits per heavy atom. The van der Waals surface area contributed by atoms with Gasteiger partial charge in [-0.25, -0.2) is 0 Å². The molecule has 1 aromatic carbocycles. The molecule has 0 saturated heterocycles. The molecule has 3 rings (SSSR count). The molecule has 2 aromatic rings. The summed E-state index contributed by atoms with van der Waals surface area (Å²) in [6, 6.07) is 8.64. The molecule has 1 aliphatic carbocycles. The minimum Gasteiger partial charge on any atom is -0.383 e. The van der Waals surface area contributed by atoms with Crippen molar-refractivity contribution in [1.29, 1.82) is 0 Å². The molecule has 0 unspecified atom stereocenters. The fourth-order valence-corrected chi connectivity index (χ4v) is 3.41. The van der Waals surface area contributed by atoms with E-state index in [-0.39, 0.29) is 0 Å². The molecule has 0 bridgehead atoms. The monoisotopic (exact) mass is 283 g/mol. The first kappa shape index (κ1) is 14.2. The molecule has 1 aromatic heterocycles. The molecule has 3 heteroatoms. The van der Waals surface area contributed by atoms with Crippen LogP contribution in [0.5, 0.6) is 0 Å². The second kappa shape index (κ2) is 5.92. The highest BCUT2D eigenvalue weighted by Gasteiger charge is 2.24. The fourth-order valence-electron chi connectivity index (χ4n) is 3.41. The van der Waals surface area contributed by atoms with E-state index in [0.29, 0.717) is 5.92 Å². The Morgan fingerprint density at radius 1 is 1.05 bits per heavy atom. The molecule has 1 fully saturated rings. The zero-order valence-corrected chi connectivity index (χ0v) is 13.1.